The standard InChI is InChI=1S/C21H17Cl2N3O2S/c1-13-18(19(25-28-13)15-7-3-5-9-17(15)23)20(27)26-11-10-24-21(26)29-12-14-6-2-4-8-16(14)22/h2-9H,10-12H2,1H3. The number of nitrogens with zero attached hydrogens (tertiary/aromatic N) is 3. The molecule has 1 amide bonds. The lowest BCUT2D eigenvalue weighted by molar-refractivity contribution is 0.0859. The molecule has 1 aromatic heterocycles. The van der Waals surface area contributed by atoms with E-state index in [4.69, 9.17) is 27.7 Å². The molecule has 0 saturated heterocycles. The second-order valence-electron chi connectivity index (χ2n) is 6.44. The van der Waals surface area contributed by atoms with Crippen LogP contribution in [0.15, 0.2) is 58.0 Å². The van der Waals surface area contributed by atoms with Gasteiger partial charge in [-0.15, -0.1) is 0 Å². The molecule has 1 aliphatic rings. The van der Waals surface area contributed by atoms with E-state index in [1.165, 1.54) is 11.8 Å². The summed E-state index contributed by atoms with van der Waals surface area (Å²) < 4.78 is 5.35. The zero-order chi connectivity index (χ0) is 20.4. The second kappa shape index (κ2) is 8.61. The molecular formula is C21H17Cl2N3O2S. The number of hydrogen-bond donors (Lipinski definition) is 0. The molecule has 0 unspecified atom stereocenters. The van der Waals surface area contributed by atoms with Gasteiger partial charge >= 0.3 is 0 Å². The first kappa shape index (κ1) is 20.0. The summed E-state index contributed by atoms with van der Waals surface area (Å²) in [5.41, 5.74) is 2.52. The molecule has 3 aromatic rings. The Balaban J connectivity index is 1.59. The molecule has 0 atom stereocenters. The van der Waals surface area contributed by atoms with E-state index in [0.29, 0.717) is 56.6 Å². The van der Waals surface area contributed by atoms with Gasteiger partial charge in [-0.3, -0.25) is 14.7 Å². The van der Waals surface area contributed by atoms with Crippen LogP contribution >= 0.6 is 35.0 Å². The van der Waals surface area contributed by atoms with Gasteiger partial charge in [0.25, 0.3) is 5.91 Å². The van der Waals surface area contributed by atoms with Crippen LogP contribution in [0.3, 0.4) is 0 Å². The van der Waals surface area contributed by atoms with Crippen molar-refractivity contribution in [2.45, 2.75) is 12.7 Å². The van der Waals surface area contributed by atoms with Crippen molar-refractivity contribution in [3.63, 3.8) is 0 Å². The van der Waals surface area contributed by atoms with E-state index in [0.717, 1.165) is 5.56 Å². The highest BCUT2D eigenvalue weighted by Gasteiger charge is 2.31. The molecule has 0 fully saturated rings. The van der Waals surface area contributed by atoms with Gasteiger partial charge in [-0.1, -0.05) is 76.5 Å². The average Bonchev–Trinajstić information content (AvgIpc) is 3.34. The molecule has 0 bridgehead atoms. The van der Waals surface area contributed by atoms with Gasteiger partial charge in [-0.05, 0) is 24.6 Å². The van der Waals surface area contributed by atoms with Crippen molar-refractivity contribution < 1.29 is 9.32 Å². The van der Waals surface area contributed by atoms with Gasteiger partial charge in [0.2, 0.25) is 0 Å². The predicted octanol–water partition coefficient (Wildman–Crippen LogP) is 5.70. The fraction of sp³-hybridized carbons (Fsp3) is 0.190. The number of thioether (sulfide) groups is 1. The monoisotopic (exact) mass is 445 g/mol. The highest BCUT2D eigenvalue weighted by atomic mass is 35.5. The predicted molar refractivity (Wildman–Crippen MR) is 118 cm³/mol. The number of benzene rings is 2. The Bertz CT molecular complexity index is 1100. The zero-order valence-electron chi connectivity index (χ0n) is 15.6. The van der Waals surface area contributed by atoms with E-state index < -0.39 is 0 Å². The number of carbonyl (C=O) groups is 1. The SMILES string of the molecule is Cc1onc(-c2ccccc2Cl)c1C(=O)N1CCN=C1SCc1ccccc1Cl. The maximum atomic E-state index is 13.4. The number of rotatable bonds is 4. The lowest BCUT2D eigenvalue weighted by Gasteiger charge is -2.18. The van der Waals surface area contributed by atoms with Crippen LogP contribution in [0.5, 0.6) is 0 Å². The quantitative estimate of drug-likeness (QED) is 0.516. The largest absolute Gasteiger partial charge is 0.360 e. The number of carbonyl (C=O) groups excluding carboxylic acids is 1. The Hall–Kier alpha value is -2.28. The third-order valence-electron chi connectivity index (χ3n) is 4.57. The van der Waals surface area contributed by atoms with Crippen molar-refractivity contribution >= 4 is 46.0 Å². The Morgan fingerprint density at radius 3 is 2.62 bits per heavy atom. The van der Waals surface area contributed by atoms with Crippen LogP contribution < -0.4 is 0 Å². The van der Waals surface area contributed by atoms with Crippen molar-refractivity contribution in [1.29, 1.82) is 0 Å². The third-order valence-corrected chi connectivity index (χ3v) is 6.33. The van der Waals surface area contributed by atoms with E-state index in [2.05, 4.69) is 10.1 Å². The van der Waals surface area contributed by atoms with Gasteiger partial charge in [0.1, 0.15) is 17.0 Å². The molecule has 1 aliphatic heterocycles. The number of amidine groups is 1. The molecule has 2 aromatic carbocycles. The van der Waals surface area contributed by atoms with Crippen molar-refractivity contribution in [3.8, 4) is 11.3 Å². The fourth-order valence-corrected chi connectivity index (χ4v) is 4.65. The number of aromatic nitrogens is 1. The van der Waals surface area contributed by atoms with Crippen molar-refractivity contribution in [3.05, 3.63) is 75.5 Å². The summed E-state index contributed by atoms with van der Waals surface area (Å²) in [5.74, 6) is 0.885. The Kier molecular flexibility index (Phi) is 5.94. The molecule has 0 spiro atoms. The molecule has 0 aliphatic carbocycles. The average molecular weight is 446 g/mol. The van der Waals surface area contributed by atoms with Crippen molar-refractivity contribution in [1.82, 2.24) is 10.1 Å². The van der Waals surface area contributed by atoms with Gasteiger partial charge in [0.05, 0.1) is 11.6 Å². The molecular weight excluding hydrogens is 429 g/mol. The van der Waals surface area contributed by atoms with Crippen LogP contribution in [0.2, 0.25) is 10.0 Å². The summed E-state index contributed by atoms with van der Waals surface area (Å²) in [6, 6.07) is 14.9. The van der Waals surface area contributed by atoms with E-state index in [1.807, 2.05) is 42.5 Å². The molecule has 0 radical (unpaired) electrons. The summed E-state index contributed by atoms with van der Waals surface area (Å²) in [6.45, 7) is 2.79. The number of hydrogen-bond acceptors (Lipinski definition) is 5. The molecule has 5 nitrogen and oxygen atoms in total. The summed E-state index contributed by atoms with van der Waals surface area (Å²) in [4.78, 5) is 19.6. The van der Waals surface area contributed by atoms with Crippen molar-refractivity contribution in [2.75, 3.05) is 13.1 Å². The minimum atomic E-state index is -0.193. The first-order valence-electron chi connectivity index (χ1n) is 9.00. The van der Waals surface area contributed by atoms with Crippen LogP contribution in [0.1, 0.15) is 21.7 Å². The Labute approximate surface area is 182 Å². The van der Waals surface area contributed by atoms with E-state index in [1.54, 1.807) is 17.9 Å². The highest BCUT2D eigenvalue weighted by molar-refractivity contribution is 8.13. The number of amides is 1. The molecule has 29 heavy (non-hydrogen) atoms. The van der Waals surface area contributed by atoms with Gasteiger partial charge < -0.3 is 4.52 Å². The Morgan fingerprint density at radius 2 is 1.86 bits per heavy atom. The second-order valence-corrected chi connectivity index (χ2v) is 8.20. The molecule has 148 valence electrons. The van der Waals surface area contributed by atoms with Crippen LogP contribution in [0, 0.1) is 6.92 Å². The molecule has 8 heteroatoms. The maximum absolute atomic E-state index is 13.4. The lowest BCUT2D eigenvalue weighted by Crippen LogP contribution is -2.33. The van der Waals surface area contributed by atoms with Crippen molar-refractivity contribution in [2.24, 2.45) is 4.99 Å². The minimum Gasteiger partial charge on any atom is -0.360 e. The number of aliphatic imine (C=N–C) groups is 1. The van der Waals surface area contributed by atoms with Gasteiger partial charge in [0, 0.05) is 22.9 Å². The molecule has 4 rings (SSSR count). The number of aryl methyl sites for hydroxylation is 1. The third kappa shape index (κ3) is 4.06. The fourth-order valence-electron chi connectivity index (χ4n) is 3.09. The topological polar surface area (TPSA) is 58.7 Å². The summed E-state index contributed by atoms with van der Waals surface area (Å²) in [6.07, 6.45) is 0. The van der Waals surface area contributed by atoms with Crippen LogP contribution in [-0.4, -0.2) is 34.2 Å². The first-order valence-corrected chi connectivity index (χ1v) is 10.7. The Morgan fingerprint density at radius 1 is 1.14 bits per heavy atom. The lowest BCUT2D eigenvalue weighted by atomic mass is 10.1. The zero-order valence-corrected chi connectivity index (χ0v) is 17.9. The number of halogens is 2. The first-order chi connectivity index (χ1) is 14.1. The smallest absolute Gasteiger partial charge is 0.265 e. The van der Waals surface area contributed by atoms with Gasteiger partial charge in [-0.2, -0.15) is 0 Å². The van der Waals surface area contributed by atoms with Gasteiger partial charge in [0.15, 0.2) is 5.17 Å². The normalized spacial score (nSPS) is 13.6. The molecule has 2 heterocycles. The summed E-state index contributed by atoms with van der Waals surface area (Å²) in [7, 11) is 0. The van der Waals surface area contributed by atoms with E-state index >= 15 is 0 Å². The van der Waals surface area contributed by atoms with Crippen LogP contribution in [0.25, 0.3) is 11.3 Å². The van der Waals surface area contributed by atoms with Gasteiger partial charge in [-0.25, -0.2) is 0 Å². The van der Waals surface area contributed by atoms with E-state index in [-0.39, 0.29) is 5.91 Å². The van der Waals surface area contributed by atoms with E-state index in [9.17, 15) is 4.79 Å². The molecule has 0 N–H and O–H groups in total. The molecule has 0 saturated carbocycles. The summed E-state index contributed by atoms with van der Waals surface area (Å²) >= 11 is 14.1. The summed E-state index contributed by atoms with van der Waals surface area (Å²) in [5, 5.41) is 5.98. The minimum absolute atomic E-state index is 0.193. The van der Waals surface area contributed by atoms with Crippen LogP contribution in [0.4, 0.5) is 0 Å². The maximum Gasteiger partial charge on any atom is 0.265 e. The highest BCUT2D eigenvalue weighted by Crippen LogP contribution is 2.33. The van der Waals surface area contributed by atoms with Crippen LogP contribution in [-0.2, 0) is 5.75 Å².